The molecule has 1 saturated carbocycles. The molecule has 0 bridgehead atoms. The van der Waals surface area contributed by atoms with Gasteiger partial charge in [0.1, 0.15) is 11.9 Å². The minimum absolute atomic E-state index is 0.0217. The molecule has 2 rings (SSSR count). The van der Waals surface area contributed by atoms with Gasteiger partial charge in [-0.05, 0) is 37.0 Å². The summed E-state index contributed by atoms with van der Waals surface area (Å²) >= 11 is 0. The van der Waals surface area contributed by atoms with Crippen molar-refractivity contribution in [3.63, 3.8) is 0 Å². The summed E-state index contributed by atoms with van der Waals surface area (Å²) < 4.78 is 56.0. The summed E-state index contributed by atoms with van der Waals surface area (Å²) in [4.78, 5) is 0. The van der Waals surface area contributed by atoms with E-state index >= 15 is 0 Å². The third-order valence-corrected chi connectivity index (χ3v) is 3.19. The lowest BCUT2D eigenvalue weighted by atomic mass is 10.2. The monoisotopic (exact) mass is 302 g/mol. The fourth-order valence-electron chi connectivity index (χ4n) is 1.88. The third-order valence-electron chi connectivity index (χ3n) is 3.19. The van der Waals surface area contributed by atoms with E-state index in [1.54, 1.807) is 0 Å². The van der Waals surface area contributed by atoms with Gasteiger partial charge in [-0.1, -0.05) is 0 Å². The Hall–Kier alpha value is -1.81. The molecule has 114 valence electrons. The second-order valence-corrected chi connectivity index (χ2v) is 4.88. The molecule has 0 amide bonds. The molecule has 0 aromatic heterocycles. The van der Waals surface area contributed by atoms with Crippen LogP contribution in [0.15, 0.2) is 18.2 Å². The van der Waals surface area contributed by atoms with E-state index in [0.29, 0.717) is 6.07 Å². The van der Waals surface area contributed by atoms with Crippen molar-refractivity contribution in [1.29, 1.82) is 5.26 Å². The molecule has 1 atom stereocenters. The van der Waals surface area contributed by atoms with E-state index in [9.17, 15) is 17.6 Å². The van der Waals surface area contributed by atoms with Crippen LogP contribution in [0.4, 0.5) is 23.2 Å². The lowest BCUT2D eigenvalue weighted by molar-refractivity contribution is -0.137. The number of nitrogens with zero attached hydrogens (tertiary/aromatic N) is 1. The molecule has 1 aromatic carbocycles. The Balaban J connectivity index is 1.82. The van der Waals surface area contributed by atoms with Gasteiger partial charge in [0.05, 0.1) is 23.9 Å². The second kappa shape index (κ2) is 6.31. The van der Waals surface area contributed by atoms with E-state index < -0.39 is 23.7 Å². The van der Waals surface area contributed by atoms with Gasteiger partial charge in [-0.25, -0.2) is 4.39 Å². The van der Waals surface area contributed by atoms with Crippen molar-refractivity contribution >= 4 is 5.69 Å². The van der Waals surface area contributed by atoms with Gasteiger partial charge in [0.2, 0.25) is 0 Å². The van der Waals surface area contributed by atoms with Crippen molar-refractivity contribution in [1.82, 2.24) is 0 Å². The number of alkyl halides is 3. The maximum Gasteiger partial charge on any atom is 0.416 e. The van der Waals surface area contributed by atoms with Gasteiger partial charge in [-0.2, -0.15) is 18.4 Å². The summed E-state index contributed by atoms with van der Waals surface area (Å²) in [6.45, 7) is 0.405. The Morgan fingerprint density at radius 3 is 2.62 bits per heavy atom. The average molecular weight is 302 g/mol. The average Bonchev–Trinajstić information content (AvgIpc) is 3.23. The highest BCUT2D eigenvalue weighted by Gasteiger charge is 2.32. The number of benzene rings is 1. The number of hydrogen-bond donors (Lipinski definition) is 1. The molecule has 7 heteroatoms. The van der Waals surface area contributed by atoms with Gasteiger partial charge in [0.15, 0.2) is 0 Å². The zero-order valence-corrected chi connectivity index (χ0v) is 11.1. The zero-order chi connectivity index (χ0) is 15.5. The molecule has 0 spiro atoms. The molecule has 1 fully saturated rings. The Morgan fingerprint density at radius 1 is 1.38 bits per heavy atom. The van der Waals surface area contributed by atoms with Crippen LogP contribution in [0.5, 0.6) is 0 Å². The van der Waals surface area contributed by atoms with Crippen LogP contribution in [0.1, 0.15) is 18.4 Å². The summed E-state index contributed by atoms with van der Waals surface area (Å²) in [5, 5.41) is 11.5. The maximum absolute atomic E-state index is 13.5. The second-order valence-electron chi connectivity index (χ2n) is 4.88. The first kappa shape index (κ1) is 15.6. The fraction of sp³-hybridized carbons (Fsp3) is 0.500. The van der Waals surface area contributed by atoms with Crippen LogP contribution >= 0.6 is 0 Å². The smallest absolute Gasteiger partial charge is 0.380 e. The lowest BCUT2D eigenvalue weighted by Gasteiger charge is -2.12. The molecule has 1 aromatic rings. The molecular formula is C14H14F4N2O. The Labute approximate surface area is 119 Å². The van der Waals surface area contributed by atoms with Crippen molar-refractivity contribution < 1.29 is 22.3 Å². The van der Waals surface area contributed by atoms with Crippen LogP contribution in [0.25, 0.3) is 0 Å². The van der Waals surface area contributed by atoms with Crippen LogP contribution in [0.3, 0.4) is 0 Å². The molecule has 1 aliphatic carbocycles. The van der Waals surface area contributed by atoms with Gasteiger partial charge in [0.25, 0.3) is 0 Å². The van der Waals surface area contributed by atoms with Crippen LogP contribution in [-0.2, 0) is 10.9 Å². The van der Waals surface area contributed by atoms with E-state index in [-0.39, 0.29) is 24.8 Å². The first-order valence-corrected chi connectivity index (χ1v) is 6.53. The number of nitrogens with one attached hydrogen (secondary N) is 1. The quantitative estimate of drug-likeness (QED) is 0.645. The van der Waals surface area contributed by atoms with E-state index in [4.69, 9.17) is 10.00 Å². The minimum atomic E-state index is -4.56. The highest BCUT2D eigenvalue weighted by Crippen LogP contribution is 2.34. The molecule has 3 nitrogen and oxygen atoms in total. The molecule has 0 saturated heterocycles. The van der Waals surface area contributed by atoms with Crippen molar-refractivity contribution in [2.45, 2.75) is 25.1 Å². The van der Waals surface area contributed by atoms with Crippen LogP contribution < -0.4 is 5.32 Å². The summed E-state index contributed by atoms with van der Waals surface area (Å²) in [5.41, 5.74) is -1.05. The van der Waals surface area contributed by atoms with Crippen molar-refractivity contribution in [2.75, 3.05) is 18.5 Å². The van der Waals surface area contributed by atoms with E-state index in [0.717, 1.165) is 25.0 Å². The fourth-order valence-corrected chi connectivity index (χ4v) is 1.88. The van der Waals surface area contributed by atoms with Crippen molar-refractivity contribution in [2.24, 2.45) is 5.92 Å². The van der Waals surface area contributed by atoms with Crippen molar-refractivity contribution in [3.8, 4) is 6.07 Å². The minimum Gasteiger partial charge on any atom is -0.380 e. The zero-order valence-electron chi connectivity index (χ0n) is 11.1. The summed E-state index contributed by atoms with van der Waals surface area (Å²) in [6.07, 6.45) is -3.07. The molecule has 0 aliphatic heterocycles. The number of halogens is 4. The molecule has 1 unspecified atom stereocenters. The Kier molecular flexibility index (Phi) is 4.68. The van der Waals surface area contributed by atoms with E-state index in [1.165, 1.54) is 0 Å². The predicted molar refractivity (Wildman–Crippen MR) is 68.0 cm³/mol. The first-order chi connectivity index (χ1) is 9.91. The predicted octanol–water partition coefficient (Wildman–Crippen LogP) is 3.58. The number of rotatable bonds is 6. The maximum atomic E-state index is 13.5. The first-order valence-electron chi connectivity index (χ1n) is 6.53. The summed E-state index contributed by atoms with van der Waals surface area (Å²) in [5.74, 6) is -0.693. The molecule has 21 heavy (non-hydrogen) atoms. The molecule has 1 aliphatic rings. The normalized spacial score (nSPS) is 16.3. The van der Waals surface area contributed by atoms with Gasteiger partial charge < -0.3 is 10.1 Å². The highest BCUT2D eigenvalue weighted by atomic mass is 19.4. The number of hydrogen-bond acceptors (Lipinski definition) is 3. The van der Waals surface area contributed by atoms with Crippen LogP contribution in [0, 0.1) is 23.1 Å². The van der Waals surface area contributed by atoms with Crippen molar-refractivity contribution in [3.05, 3.63) is 29.6 Å². The number of nitriles is 1. The molecule has 0 heterocycles. The molecule has 0 radical (unpaired) electrons. The SMILES string of the molecule is N#CC(OCCNc1ccc(C(F)(F)F)cc1F)C1CC1. The van der Waals surface area contributed by atoms with Gasteiger partial charge >= 0.3 is 6.18 Å². The summed E-state index contributed by atoms with van der Waals surface area (Å²) in [6, 6.07) is 4.36. The standard InChI is InChI=1S/C14H14F4N2O/c15-11-7-10(14(16,17)18)3-4-12(11)20-5-6-21-13(8-19)9-1-2-9/h3-4,7,9,13,20H,1-2,5-6H2. The van der Waals surface area contributed by atoms with Gasteiger partial charge in [-0.3, -0.25) is 0 Å². The van der Waals surface area contributed by atoms with Gasteiger partial charge in [0, 0.05) is 6.54 Å². The number of anilines is 1. The molecular weight excluding hydrogens is 288 g/mol. The Morgan fingerprint density at radius 2 is 2.10 bits per heavy atom. The topological polar surface area (TPSA) is 45.0 Å². The Bertz CT molecular complexity index is 535. The molecule has 1 N–H and O–H groups in total. The van der Waals surface area contributed by atoms with Gasteiger partial charge in [-0.15, -0.1) is 0 Å². The van der Waals surface area contributed by atoms with Crippen LogP contribution in [0.2, 0.25) is 0 Å². The van der Waals surface area contributed by atoms with Crippen LogP contribution in [-0.4, -0.2) is 19.3 Å². The summed E-state index contributed by atoms with van der Waals surface area (Å²) in [7, 11) is 0. The van der Waals surface area contributed by atoms with E-state index in [1.807, 2.05) is 6.07 Å². The van der Waals surface area contributed by atoms with E-state index in [2.05, 4.69) is 5.32 Å². The largest absolute Gasteiger partial charge is 0.416 e. The lowest BCUT2D eigenvalue weighted by Crippen LogP contribution is -2.18. The number of ether oxygens (including phenoxy) is 1. The third kappa shape index (κ3) is 4.33. The highest BCUT2D eigenvalue weighted by molar-refractivity contribution is 5.46.